The summed E-state index contributed by atoms with van der Waals surface area (Å²) in [6, 6.07) is 11.6. The molecule has 0 bridgehead atoms. The number of para-hydroxylation sites is 1. The number of carbonyl (C=O) groups excluding carboxylic acids is 1. The molecule has 1 atom stereocenters. The van der Waals surface area contributed by atoms with Crippen molar-refractivity contribution in [1.82, 2.24) is 0 Å². The van der Waals surface area contributed by atoms with Gasteiger partial charge in [0, 0.05) is 15.1 Å². The Morgan fingerprint density at radius 3 is 2.92 bits per heavy atom. The Labute approximate surface area is 155 Å². The van der Waals surface area contributed by atoms with Crippen LogP contribution in [0.2, 0.25) is 5.02 Å². The molecule has 0 amide bonds. The van der Waals surface area contributed by atoms with Crippen LogP contribution in [0.3, 0.4) is 0 Å². The number of fused-ring (bicyclic) bond motifs is 1. The first kappa shape index (κ1) is 17.3. The molecule has 5 heteroatoms. The summed E-state index contributed by atoms with van der Waals surface area (Å²) in [5, 5.41) is 0.769. The van der Waals surface area contributed by atoms with Crippen LogP contribution >= 0.6 is 27.5 Å². The molecule has 2 aromatic rings. The largest absolute Gasteiger partial charge is 0.485 e. The lowest BCUT2D eigenvalue weighted by atomic mass is 10.1. The van der Waals surface area contributed by atoms with E-state index in [2.05, 4.69) is 22.0 Å². The average molecular weight is 410 g/mol. The van der Waals surface area contributed by atoms with E-state index in [4.69, 9.17) is 21.1 Å². The van der Waals surface area contributed by atoms with Crippen molar-refractivity contribution in [1.29, 1.82) is 0 Å². The third kappa shape index (κ3) is 3.76. The van der Waals surface area contributed by atoms with Gasteiger partial charge in [0.15, 0.2) is 0 Å². The number of esters is 1. The fraction of sp³-hybridized carbons (Fsp3) is 0.316. The van der Waals surface area contributed by atoms with Crippen molar-refractivity contribution in [3.63, 3.8) is 0 Å². The Balaban J connectivity index is 1.83. The van der Waals surface area contributed by atoms with Crippen molar-refractivity contribution >= 4 is 33.5 Å². The van der Waals surface area contributed by atoms with Crippen LogP contribution in [0.4, 0.5) is 0 Å². The minimum absolute atomic E-state index is 0.0571. The van der Waals surface area contributed by atoms with E-state index in [0.717, 1.165) is 44.8 Å². The normalized spacial score (nSPS) is 15.9. The molecule has 0 saturated carbocycles. The summed E-state index contributed by atoms with van der Waals surface area (Å²) in [7, 11) is 0. The minimum atomic E-state index is -0.244. The van der Waals surface area contributed by atoms with E-state index in [1.807, 2.05) is 30.3 Å². The zero-order valence-electron chi connectivity index (χ0n) is 13.4. The Morgan fingerprint density at radius 2 is 2.12 bits per heavy atom. The van der Waals surface area contributed by atoms with Gasteiger partial charge in [0.25, 0.3) is 0 Å². The highest BCUT2D eigenvalue weighted by Gasteiger charge is 2.27. The molecule has 0 heterocycles. The summed E-state index contributed by atoms with van der Waals surface area (Å²) in [4.78, 5) is 11.8. The van der Waals surface area contributed by atoms with Crippen molar-refractivity contribution < 1.29 is 14.3 Å². The lowest BCUT2D eigenvalue weighted by molar-refractivity contribution is -0.142. The number of benzene rings is 2. The summed E-state index contributed by atoms with van der Waals surface area (Å²) in [6.07, 6.45) is 1.92. The summed E-state index contributed by atoms with van der Waals surface area (Å²) in [5.41, 5.74) is 3.10. The fourth-order valence-electron chi connectivity index (χ4n) is 3.01. The first-order chi connectivity index (χ1) is 11.6. The predicted octanol–water partition coefficient (Wildman–Crippen LogP) is 5.27. The van der Waals surface area contributed by atoms with E-state index in [-0.39, 0.29) is 18.5 Å². The molecule has 0 N–H and O–H groups in total. The minimum Gasteiger partial charge on any atom is -0.485 e. The maximum absolute atomic E-state index is 11.8. The van der Waals surface area contributed by atoms with Gasteiger partial charge in [0.2, 0.25) is 0 Å². The molecule has 0 fully saturated rings. The maximum Gasteiger partial charge on any atom is 0.310 e. The van der Waals surface area contributed by atoms with Crippen LogP contribution in [-0.2, 0) is 22.4 Å². The molecule has 126 valence electrons. The number of rotatable bonds is 5. The summed E-state index contributed by atoms with van der Waals surface area (Å²) in [6.45, 7) is 2.18. The quantitative estimate of drug-likeness (QED) is 0.631. The highest BCUT2D eigenvalue weighted by molar-refractivity contribution is 9.10. The molecule has 24 heavy (non-hydrogen) atoms. The van der Waals surface area contributed by atoms with Crippen molar-refractivity contribution in [3.8, 4) is 5.75 Å². The van der Waals surface area contributed by atoms with Gasteiger partial charge in [-0.25, -0.2) is 0 Å². The number of hydrogen-bond acceptors (Lipinski definition) is 3. The van der Waals surface area contributed by atoms with Gasteiger partial charge in [0.05, 0.1) is 13.0 Å². The van der Waals surface area contributed by atoms with Gasteiger partial charge in [-0.2, -0.15) is 0 Å². The highest BCUT2D eigenvalue weighted by Crippen LogP contribution is 2.40. The molecule has 0 saturated heterocycles. The SMILES string of the molecule is CCOC(=O)Cc1ccccc1OC1CCc2c(Cl)cc(Br)cc21. The zero-order valence-corrected chi connectivity index (χ0v) is 15.7. The zero-order chi connectivity index (χ0) is 17.1. The van der Waals surface area contributed by atoms with Gasteiger partial charge < -0.3 is 9.47 Å². The molecule has 0 radical (unpaired) electrons. The molecule has 1 aliphatic rings. The van der Waals surface area contributed by atoms with Crippen molar-refractivity contribution in [2.75, 3.05) is 6.61 Å². The van der Waals surface area contributed by atoms with Gasteiger partial charge in [-0.3, -0.25) is 4.79 Å². The molecule has 1 unspecified atom stereocenters. The number of halogens is 2. The molecular formula is C19H18BrClO3. The first-order valence-electron chi connectivity index (χ1n) is 7.96. The average Bonchev–Trinajstić information content (AvgIpc) is 2.93. The van der Waals surface area contributed by atoms with Crippen molar-refractivity contribution in [2.24, 2.45) is 0 Å². The Bertz CT molecular complexity index is 760. The molecule has 0 aromatic heterocycles. The standard InChI is InChI=1S/C19H18BrClO3/c1-2-23-19(22)9-12-5-3-4-6-17(12)24-18-8-7-14-15(18)10-13(20)11-16(14)21/h3-6,10-11,18H,2,7-9H2,1H3. The molecular weight excluding hydrogens is 392 g/mol. The van der Waals surface area contributed by atoms with E-state index >= 15 is 0 Å². The maximum atomic E-state index is 11.8. The van der Waals surface area contributed by atoms with Crippen LogP contribution in [0, 0.1) is 0 Å². The van der Waals surface area contributed by atoms with Crippen LogP contribution in [-0.4, -0.2) is 12.6 Å². The molecule has 0 aliphatic heterocycles. The Hall–Kier alpha value is -1.52. The second kappa shape index (κ2) is 7.58. The molecule has 1 aliphatic carbocycles. The van der Waals surface area contributed by atoms with Crippen molar-refractivity contribution in [2.45, 2.75) is 32.3 Å². The lowest BCUT2D eigenvalue weighted by Gasteiger charge is -2.18. The monoisotopic (exact) mass is 408 g/mol. The van der Waals surface area contributed by atoms with E-state index in [1.54, 1.807) is 6.92 Å². The lowest BCUT2D eigenvalue weighted by Crippen LogP contribution is -2.10. The second-order valence-electron chi connectivity index (χ2n) is 5.69. The van der Waals surface area contributed by atoms with Gasteiger partial charge in [-0.05, 0) is 49.1 Å². The number of hydrogen-bond donors (Lipinski definition) is 0. The Morgan fingerprint density at radius 1 is 1.33 bits per heavy atom. The van der Waals surface area contributed by atoms with Crippen LogP contribution in [0.5, 0.6) is 5.75 Å². The van der Waals surface area contributed by atoms with Gasteiger partial charge in [-0.15, -0.1) is 0 Å². The van der Waals surface area contributed by atoms with Crippen LogP contribution in [0.25, 0.3) is 0 Å². The van der Waals surface area contributed by atoms with Crippen molar-refractivity contribution in [3.05, 3.63) is 62.6 Å². The predicted molar refractivity (Wildman–Crippen MR) is 97.6 cm³/mol. The highest BCUT2D eigenvalue weighted by atomic mass is 79.9. The second-order valence-corrected chi connectivity index (χ2v) is 7.01. The first-order valence-corrected chi connectivity index (χ1v) is 9.13. The third-order valence-electron chi connectivity index (χ3n) is 4.08. The summed E-state index contributed by atoms with van der Waals surface area (Å²) < 4.78 is 12.2. The number of ether oxygens (including phenoxy) is 2. The molecule has 2 aromatic carbocycles. The smallest absolute Gasteiger partial charge is 0.310 e. The van der Waals surface area contributed by atoms with Gasteiger partial charge in [0.1, 0.15) is 11.9 Å². The molecule has 0 spiro atoms. The third-order valence-corrected chi connectivity index (χ3v) is 4.88. The summed E-state index contributed by atoms with van der Waals surface area (Å²) >= 11 is 9.82. The van der Waals surface area contributed by atoms with Gasteiger partial charge >= 0.3 is 5.97 Å². The van der Waals surface area contributed by atoms with Crippen LogP contribution in [0.1, 0.15) is 36.1 Å². The van der Waals surface area contributed by atoms with Crippen LogP contribution < -0.4 is 4.74 Å². The van der Waals surface area contributed by atoms with E-state index in [1.165, 1.54) is 0 Å². The Kier molecular flexibility index (Phi) is 5.47. The fourth-order valence-corrected chi connectivity index (χ4v) is 3.94. The molecule has 3 nitrogen and oxygen atoms in total. The van der Waals surface area contributed by atoms with E-state index in [0.29, 0.717) is 6.61 Å². The number of carbonyl (C=O) groups is 1. The van der Waals surface area contributed by atoms with Crippen LogP contribution in [0.15, 0.2) is 40.9 Å². The van der Waals surface area contributed by atoms with E-state index < -0.39 is 0 Å². The van der Waals surface area contributed by atoms with E-state index in [9.17, 15) is 4.79 Å². The summed E-state index contributed by atoms with van der Waals surface area (Å²) in [5.74, 6) is 0.477. The molecule has 3 rings (SSSR count). The van der Waals surface area contributed by atoms with Gasteiger partial charge in [-0.1, -0.05) is 45.7 Å². The topological polar surface area (TPSA) is 35.5 Å².